The lowest BCUT2D eigenvalue weighted by Gasteiger charge is -2.07. The highest BCUT2D eigenvalue weighted by atomic mass is 19.1. The van der Waals surface area contributed by atoms with Crippen molar-refractivity contribution in [3.63, 3.8) is 0 Å². The number of nitrogens with zero attached hydrogens (tertiary/aromatic N) is 3. The molecule has 1 aromatic carbocycles. The van der Waals surface area contributed by atoms with Gasteiger partial charge in [-0.3, -0.25) is 14.6 Å². The quantitative estimate of drug-likeness (QED) is 0.773. The molecular weight excluding hydrogens is 309 g/mol. The number of H-pyrrole nitrogens is 1. The Morgan fingerprint density at radius 1 is 1.33 bits per heavy atom. The van der Waals surface area contributed by atoms with Crippen molar-refractivity contribution >= 4 is 11.7 Å². The summed E-state index contributed by atoms with van der Waals surface area (Å²) >= 11 is 0. The zero-order chi connectivity index (χ0) is 17.3. The highest BCUT2D eigenvalue weighted by Crippen LogP contribution is 2.30. The number of hydrogen-bond acceptors (Lipinski definition) is 3. The number of carbonyl (C=O) groups excluding carboxylic acids is 1. The summed E-state index contributed by atoms with van der Waals surface area (Å²) in [4.78, 5) is 12.5. The fraction of sp³-hybridized carbons (Fsp3) is 0.235. The number of benzene rings is 1. The summed E-state index contributed by atoms with van der Waals surface area (Å²) in [6.07, 6.45) is 0.709. The smallest absolute Gasteiger partial charge is 0.275 e. The fourth-order valence-corrected chi connectivity index (χ4v) is 2.65. The number of hydrogen-bond donors (Lipinski definition) is 2. The van der Waals surface area contributed by atoms with Crippen LogP contribution in [0.25, 0.3) is 11.1 Å². The molecule has 0 fully saturated rings. The lowest BCUT2D eigenvalue weighted by atomic mass is 10.0. The summed E-state index contributed by atoms with van der Waals surface area (Å²) in [6.45, 7) is 3.81. The van der Waals surface area contributed by atoms with Crippen LogP contribution in [0.1, 0.15) is 28.8 Å². The van der Waals surface area contributed by atoms with Gasteiger partial charge in [0.15, 0.2) is 5.82 Å². The van der Waals surface area contributed by atoms with Crippen LogP contribution in [0.2, 0.25) is 0 Å². The molecule has 0 aliphatic rings. The zero-order valence-corrected chi connectivity index (χ0v) is 13.7. The van der Waals surface area contributed by atoms with Crippen molar-refractivity contribution in [1.82, 2.24) is 20.0 Å². The Morgan fingerprint density at radius 3 is 2.62 bits per heavy atom. The normalized spacial score (nSPS) is 10.8. The van der Waals surface area contributed by atoms with Gasteiger partial charge in [-0.2, -0.15) is 10.2 Å². The Balaban J connectivity index is 1.97. The van der Waals surface area contributed by atoms with Crippen LogP contribution >= 0.6 is 0 Å². The molecule has 3 rings (SSSR count). The predicted octanol–water partition coefficient (Wildman–Crippen LogP) is 3.07. The van der Waals surface area contributed by atoms with E-state index in [1.54, 1.807) is 25.2 Å². The van der Waals surface area contributed by atoms with Gasteiger partial charge in [0, 0.05) is 18.3 Å². The standard InChI is InChI=1S/C17H18FN5O/c1-4-13-15(11-5-7-12(18)8-6-11)16(21-20-13)19-17(24)14-9-10(2)22-23(14)3/h5-9H,4H2,1-3H3,(H2,19,20,21,24). The topological polar surface area (TPSA) is 75.6 Å². The highest BCUT2D eigenvalue weighted by molar-refractivity contribution is 6.04. The Labute approximate surface area is 138 Å². The van der Waals surface area contributed by atoms with Gasteiger partial charge in [-0.05, 0) is 37.1 Å². The lowest BCUT2D eigenvalue weighted by Crippen LogP contribution is -2.16. The third-order valence-electron chi connectivity index (χ3n) is 3.79. The average Bonchev–Trinajstić information content (AvgIpc) is 3.10. The van der Waals surface area contributed by atoms with Gasteiger partial charge in [-0.1, -0.05) is 19.1 Å². The molecule has 0 unspecified atom stereocenters. The van der Waals surface area contributed by atoms with Crippen molar-refractivity contribution in [2.24, 2.45) is 7.05 Å². The van der Waals surface area contributed by atoms with Crippen molar-refractivity contribution in [2.45, 2.75) is 20.3 Å². The van der Waals surface area contributed by atoms with Gasteiger partial charge in [0.1, 0.15) is 11.5 Å². The predicted molar refractivity (Wildman–Crippen MR) is 89.3 cm³/mol. The van der Waals surface area contributed by atoms with Crippen molar-refractivity contribution in [3.05, 3.63) is 53.2 Å². The molecule has 0 spiro atoms. The first kappa shape index (κ1) is 15.9. The van der Waals surface area contributed by atoms with Crippen LogP contribution in [0, 0.1) is 12.7 Å². The number of nitrogens with one attached hydrogen (secondary N) is 2. The Hall–Kier alpha value is -2.96. The molecule has 3 aromatic rings. The van der Waals surface area contributed by atoms with Crippen LogP contribution in [0.4, 0.5) is 10.2 Å². The Bertz CT molecular complexity index is 879. The third kappa shape index (κ3) is 2.92. The molecule has 0 bridgehead atoms. The van der Waals surface area contributed by atoms with Crippen LogP contribution in [0.15, 0.2) is 30.3 Å². The number of amides is 1. The second-order valence-corrected chi connectivity index (χ2v) is 5.53. The van der Waals surface area contributed by atoms with E-state index in [2.05, 4.69) is 20.6 Å². The number of aryl methyl sites for hydroxylation is 3. The summed E-state index contributed by atoms with van der Waals surface area (Å²) in [6, 6.07) is 7.82. The summed E-state index contributed by atoms with van der Waals surface area (Å²) in [5, 5.41) is 14.1. The minimum atomic E-state index is -0.309. The first-order chi connectivity index (χ1) is 11.5. The molecule has 0 atom stereocenters. The maximum absolute atomic E-state index is 13.2. The molecule has 0 aliphatic carbocycles. The molecular formula is C17H18FN5O. The van der Waals surface area contributed by atoms with E-state index >= 15 is 0 Å². The summed E-state index contributed by atoms with van der Waals surface area (Å²) in [5.41, 5.74) is 3.64. The second kappa shape index (κ2) is 6.27. The molecule has 24 heavy (non-hydrogen) atoms. The van der Waals surface area contributed by atoms with E-state index in [0.29, 0.717) is 17.9 Å². The number of aromatic nitrogens is 4. The summed E-state index contributed by atoms with van der Waals surface area (Å²) in [5.74, 6) is -0.186. The van der Waals surface area contributed by atoms with E-state index in [0.717, 1.165) is 22.5 Å². The van der Waals surface area contributed by atoms with E-state index < -0.39 is 0 Å². The van der Waals surface area contributed by atoms with Crippen LogP contribution in [-0.2, 0) is 13.5 Å². The van der Waals surface area contributed by atoms with Gasteiger partial charge in [-0.25, -0.2) is 4.39 Å². The van der Waals surface area contributed by atoms with Gasteiger partial charge < -0.3 is 5.32 Å². The van der Waals surface area contributed by atoms with E-state index in [1.807, 2.05) is 13.8 Å². The van der Waals surface area contributed by atoms with Crippen LogP contribution in [0.5, 0.6) is 0 Å². The monoisotopic (exact) mass is 327 g/mol. The van der Waals surface area contributed by atoms with Crippen molar-refractivity contribution in [2.75, 3.05) is 5.32 Å². The Kier molecular flexibility index (Phi) is 4.16. The van der Waals surface area contributed by atoms with E-state index in [1.165, 1.54) is 16.8 Å². The molecule has 2 N–H and O–H groups in total. The van der Waals surface area contributed by atoms with Gasteiger partial charge in [0.2, 0.25) is 0 Å². The maximum Gasteiger partial charge on any atom is 0.275 e. The van der Waals surface area contributed by atoms with Crippen LogP contribution < -0.4 is 5.32 Å². The number of halogens is 1. The first-order valence-electron chi connectivity index (χ1n) is 7.64. The Morgan fingerprint density at radius 2 is 2.04 bits per heavy atom. The van der Waals surface area contributed by atoms with Crippen molar-refractivity contribution < 1.29 is 9.18 Å². The molecule has 1 amide bonds. The van der Waals surface area contributed by atoms with Gasteiger partial charge in [-0.15, -0.1) is 0 Å². The number of carbonyl (C=O) groups is 1. The maximum atomic E-state index is 13.2. The molecule has 0 aliphatic heterocycles. The molecule has 7 heteroatoms. The highest BCUT2D eigenvalue weighted by Gasteiger charge is 2.19. The van der Waals surface area contributed by atoms with Crippen molar-refractivity contribution in [3.8, 4) is 11.1 Å². The van der Waals surface area contributed by atoms with E-state index in [4.69, 9.17) is 0 Å². The van der Waals surface area contributed by atoms with Gasteiger partial charge >= 0.3 is 0 Å². The number of aromatic amines is 1. The minimum Gasteiger partial charge on any atom is -0.303 e. The van der Waals surface area contributed by atoms with Gasteiger partial charge in [0.25, 0.3) is 5.91 Å². The molecule has 6 nitrogen and oxygen atoms in total. The second-order valence-electron chi connectivity index (χ2n) is 5.53. The van der Waals surface area contributed by atoms with Gasteiger partial charge in [0.05, 0.1) is 5.69 Å². The van der Waals surface area contributed by atoms with E-state index in [-0.39, 0.29) is 11.7 Å². The van der Waals surface area contributed by atoms with Crippen molar-refractivity contribution in [1.29, 1.82) is 0 Å². The molecule has 0 saturated carbocycles. The summed E-state index contributed by atoms with van der Waals surface area (Å²) in [7, 11) is 1.71. The van der Waals surface area contributed by atoms with Crippen LogP contribution in [0.3, 0.4) is 0 Å². The fourth-order valence-electron chi connectivity index (χ4n) is 2.65. The molecule has 2 heterocycles. The van der Waals surface area contributed by atoms with Crippen LogP contribution in [-0.4, -0.2) is 25.9 Å². The molecule has 0 radical (unpaired) electrons. The minimum absolute atomic E-state index is 0.296. The molecule has 2 aromatic heterocycles. The SMILES string of the molecule is CCc1[nH]nc(NC(=O)c2cc(C)nn2C)c1-c1ccc(F)cc1. The third-order valence-corrected chi connectivity index (χ3v) is 3.79. The molecule has 124 valence electrons. The first-order valence-corrected chi connectivity index (χ1v) is 7.64. The summed E-state index contributed by atoms with van der Waals surface area (Å²) < 4.78 is 14.7. The number of anilines is 1. The van der Waals surface area contributed by atoms with E-state index in [9.17, 15) is 9.18 Å². The zero-order valence-electron chi connectivity index (χ0n) is 13.7. The number of rotatable bonds is 4. The molecule has 0 saturated heterocycles. The largest absolute Gasteiger partial charge is 0.303 e. The lowest BCUT2D eigenvalue weighted by molar-refractivity contribution is 0.101. The average molecular weight is 327 g/mol.